The van der Waals surface area contributed by atoms with Gasteiger partial charge in [0.25, 0.3) is 0 Å². The highest BCUT2D eigenvalue weighted by Crippen LogP contribution is 2.21. The van der Waals surface area contributed by atoms with Crippen molar-refractivity contribution in [3.05, 3.63) is 11.8 Å². The zero-order chi connectivity index (χ0) is 16.0. The molecule has 2 heterocycles. The molecule has 0 saturated carbocycles. The fourth-order valence-electron chi connectivity index (χ4n) is 2.74. The van der Waals surface area contributed by atoms with Crippen LogP contribution in [0.4, 0.5) is 0 Å². The van der Waals surface area contributed by atoms with Gasteiger partial charge in [-0.2, -0.15) is 0 Å². The van der Waals surface area contributed by atoms with Gasteiger partial charge in [-0.1, -0.05) is 6.92 Å². The minimum Gasteiger partial charge on any atom is -0.458 e. The average molecular weight is 313 g/mol. The molecule has 0 aromatic carbocycles. The fraction of sp³-hybridized carbons (Fsp3) is 0.800. The summed E-state index contributed by atoms with van der Waals surface area (Å²) in [6.45, 7) is 8.65. The van der Waals surface area contributed by atoms with Gasteiger partial charge in [-0.15, -0.1) is 0 Å². The highest BCUT2D eigenvalue weighted by molar-refractivity contribution is 5.82. The molecular weight excluding hydrogens is 286 g/mol. The fourth-order valence-corrected chi connectivity index (χ4v) is 2.74. The van der Waals surface area contributed by atoms with E-state index in [1.54, 1.807) is 6.92 Å². The van der Waals surface area contributed by atoms with Crippen molar-refractivity contribution in [3.63, 3.8) is 0 Å². The molecule has 2 atom stereocenters. The molecule has 1 spiro atoms. The summed E-state index contributed by atoms with van der Waals surface area (Å²) in [6, 6.07) is 0. The van der Waals surface area contributed by atoms with Crippen LogP contribution in [-0.4, -0.2) is 68.7 Å². The molecule has 3 N–H and O–H groups in total. The van der Waals surface area contributed by atoms with Gasteiger partial charge < -0.3 is 25.3 Å². The molecule has 0 aromatic rings. The van der Waals surface area contributed by atoms with E-state index in [2.05, 4.69) is 10.2 Å². The van der Waals surface area contributed by atoms with Gasteiger partial charge in [-0.3, -0.25) is 4.90 Å². The first-order chi connectivity index (χ1) is 10.5. The molecule has 2 unspecified atom stereocenters. The maximum absolute atomic E-state index is 11.7. The van der Waals surface area contributed by atoms with Crippen molar-refractivity contribution in [2.75, 3.05) is 45.9 Å². The number of nitrogens with two attached hydrogens (primary N) is 1. The average Bonchev–Trinajstić information content (AvgIpc) is 2.46. The minimum absolute atomic E-state index is 0.158. The van der Waals surface area contributed by atoms with E-state index in [1.807, 2.05) is 6.92 Å². The van der Waals surface area contributed by atoms with E-state index in [-0.39, 0.29) is 12.1 Å². The van der Waals surface area contributed by atoms with Crippen molar-refractivity contribution in [1.82, 2.24) is 10.2 Å². The van der Waals surface area contributed by atoms with Crippen LogP contribution < -0.4 is 11.1 Å². The van der Waals surface area contributed by atoms with Crippen LogP contribution in [0.15, 0.2) is 11.8 Å². The third-order valence-electron chi connectivity index (χ3n) is 3.82. The molecule has 0 amide bonds. The van der Waals surface area contributed by atoms with Crippen molar-refractivity contribution < 1.29 is 19.0 Å². The summed E-state index contributed by atoms with van der Waals surface area (Å²) >= 11 is 0. The molecule has 126 valence electrons. The van der Waals surface area contributed by atoms with E-state index in [0.29, 0.717) is 38.5 Å². The van der Waals surface area contributed by atoms with Gasteiger partial charge in [0.15, 0.2) is 5.79 Å². The molecule has 0 aliphatic carbocycles. The van der Waals surface area contributed by atoms with Gasteiger partial charge in [-0.25, -0.2) is 4.79 Å². The molecule has 22 heavy (non-hydrogen) atoms. The van der Waals surface area contributed by atoms with Crippen molar-refractivity contribution in [3.8, 4) is 0 Å². The quantitative estimate of drug-likeness (QED) is 0.538. The summed E-state index contributed by atoms with van der Waals surface area (Å²) in [6.07, 6.45) is 1.92. The Labute approximate surface area is 131 Å². The number of esters is 1. The smallest absolute Gasteiger partial charge is 0.332 e. The molecule has 7 heteroatoms. The van der Waals surface area contributed by atoms with Gasteiger partial charge in [-0.05, 0) is 13.3 Å². The van der Waals surface area contributed by atoms with Gasteiger partial charge in [0.2, 0.25) is 0 Å². The van der Waals surface area contributed by atoms with Crippen LogP contribution in [0.25, 0.3) is 0 Å². The maximum atomic E-state index is 11.7. The molecule has 7 nitrogen and oxygen atoms in total. The van der Waals surface area contributed by atoms with Crippen molar-refractivity contribution in [2.24, 2.45) is 5.73 Å². The Kier molecular flexibility index (Phi) is 6.19. The van der Waals surface area contributed by atoms with Crippen LogP contribution >= 0.6 is 0 Å². The first-order valence-electron chi connectivity index (χ1n) is 7.88. The van der Waals surface area contributed by atoms with E-state index in [9.17, 15) is 4.79 Å². The summed E-state index contributed by atoms with van der Waals surface area (Å²) in [7, 11) is 0. The number of nitrogens with one attached hydrogen (secondary N) is 1. The third-order valence-corrected chi connectivity index (χ3v) is 3.82. The van der Waals surface area contributed by atoms with Gasteiger partial charge in [0.05, 0.1) is 26.3 Å². The zero-order valence-corrected chi connectivity index (χ0v) is 13.5. The molecule has 0 bridgehead atoms. The first-order valence-corrected chi connectivity index (χ1v) is 7.88. The maximum Gasteiger partial charge on any atom is 0.332 e. The van der Waals surface area contributed by atoms with Gasteiger partial charge in [0, 0.05) is 31.4 Å². The van der Waals surface area contributed by atoms with Crippen molar-refractivity contribution >= 4 is 5.97 Å². The molecule has 2 fully saturated rings. The molecular formula is C15H27N3O4. The number of carbonyl (C=O) groups excluding carboxylic acids is 1. The Hall–Kier alpha value is -1.15. The Morgan fingerprint density at radius 3 is 2.91 bits per heavy atom. The number of nitrogens with zero attached hydrogens (tertiary/aromatic N) is 1. The highest BCUT2D eigenvalue weighted by atomic mass is 16.7. The van der Waals surface area contributed by atoms with Gasteiger partial charge in [0.1, 0.15) is 6.10 Å². The second-order valence-corrected chi connectivity index (χ2v) is 5.87. The molecule has 0 aromatic heterocycles. The van der Waals surface area contributed by atoms with E-state index in [4.69, 9.17) is 19.9 Å². The number of ether oxygens (including phenoxy) is 3. The predicted molar refractivity (Wildman–Crippen MR) is 82.1 cm³/mol. The summed E-state index contributed by atoms with van der Waals surface area (Å²) in [5.41, 5.74) is 5.95. The lowest BCUT2D eigenvalue weighted by molar-refractivity contribution is -0.275. The Morgan fingerprint density at radius 1 is 1.50 bits per heavy atom. The van der Waals surface area contributed by atoms with Crippen LogP contribution in [-0.2, 0) is 19.0 Å². The normalized spacial score (nSPS) is 28.5. The highest BCUT2D eigenvalue weighted by Gasteiger charge is 2.39. The number of allylic oxidation sites excluding steroid dienone is 1. The number of carbonyl (C=O) groups is 1. The Bertz CT molecular complexity index is 398. The van der Waals surface area contributed by atoms with Gasteiger partial charge >= 0.3 is 5.97 Å². The largest absolute Gasteiger partial charge is 0.458 e. The summed E-state index contributed by atoms with van der Waals surface area (Å²) in [4.78, 5) is 13.9. The number of rotatable bonds is 5. The van der Waals surface area contributed by atoms with Crippen LogP contribution in [0, 0.1) is 0 Å². The number of morpholine rings is 2. The second-order valence-electron chi connectivity index (χ2n) is 5.87. The van der Waals surface area contributed by atoms with E-state index < -0.39 is 5.79 Å². The third kappa shape index (κ3) is 4.95. The number of hydrogen-bond acceptors (Lipinski definition) is 7. The molecule has 2 aliphatic heterocycles. The Balaban J connectivity index is 1.87. The SMILES string of the molecule is CCC(CN1CCOC2(CNCCO2)C1)OC(=O)/C=C(\C)N. The lowest BCUT2D eigenvalue weighted by Gasteiger charge is -2.45. The van der Waals surface area contributed by atoms with Crippen molar-refractivity contribution in [2.45, 2.75) is 32.2 Å². The van der Waals surface area contributed by atoms with Crippen molar-refractivity contribution in [1.29, 1.82) is 0 Å². The molecule has 2 rings (SSSR count). The molecule has 2 saturated heterocycles. The zero-order valence-electron chi connectivity index (χ0n) is 13.5. The summed E-state index contributed by atoms with van der Waals surface area (Å²) in [5.74, 6) is -0.947. The monoisotopic (exact) mass is 313 g/mol. The minimum atomic E-state index is -0.563. The standard InChI is InChI=1S/C15H27N3O4/c1-3-13(22-14(19)8-12(2)16)9-18-5-7-21-15(11-18)10-17-4-6-20-15/h8,13,17H,3-7,9-11,16H2,1-2H3/b12-8+. The van der Waals surface area contributed by atoms with Crippen LogP contribution in [0.5, 0.6) is 0 Å². The summed E-state index contributed by atoms with van der Waals surface area (Å²) < 4.78 is 17.1. The van der Waals surface area contributed by atoms with Crippen LogP contribution in [0.2, 0.25) is 0 Å². The summed E-state index contributed by atoms with van der Waals surface area (Å²) in [5, 5.41) is 3.30. The predicted octanol–water partition coefficient (Wildman–Crippen LogP) is -0.181. The molecule has 0 radical (unpaired) electrons. The molecule has 2 aliphatic rings. The van der Waals surface area contributed by atoms with E-state index >= 15 is 0 Å². The van der Waals surface area contributed by atoms with E-state index in [0.717, 1.165) is 19.5 Å². The first kappa shape index (κ1) is 17.2. The Morgan fingerprint density at radius 2 is 2.27 bits per heavy atom. The van der Waals surface area contributed by atoms with Crippen LogP contribution in [0.3, 0.4) is 0 Å². The number of hydrogen-bond donors (Lipinski definition) is 2. The second kappa shape index (κ2) is 7.92. The van der Waals surface area contributed by atoms with E-state index in [1.165, 1.54) is 6.08 Å². The topological polar surface area (TPSA) is 86.1 Å². The lowest BCUT2D eigenvalue weighted by atomic mass is 10.1. The van der Waals surface area contributed by atoms with Crippen LogP contribution in [0.1, 0.15) is 20.3 Å². The lowest BCUT2D eigenvalue weighted by Crippen LogP contribution is -2.62.